The quantitative estimate of drug-likeness (QED) is 0.554. The lowest BCUT2D eigenvalue weighted by Crippen LogP contribution is -2.10. The van der Waals surface area contributed by atoms with Gasteiger partial charge < -0.3 is 10.1 Å². The number of hydrogen-bond donors (Lipinski definition) is 2. The Morgan fingerprint density at radius 2 is 2.00 bits per heavy atom. The molecule has 3 heterocycles. The molecule has 4 rings (SSSR count). The van der Waals surface area contributed by atoms with Gasteiger partial charge in [0.05, 0.1) is 5.52 Å². The van der Waals surface area contributed by atoms with Crippen LogP contribution >= 0.6 is 22.9 Å². The number of benzene rings is 1. The number of nitrogens with one attached hydrogen (secondary N) is 1. The molecule has 25 heavy (non-hydrogen) atoms. The van der Waals surface area contributed by atoms with Crippen LogP contribution in [-0.4, -0.2) is 14.7 Å². The second-order valence-corrected chi connectivity index (χ2v) is 6.71. The first-order valence-electron chi connectivity index (χ1n) is 7.31. The molecule has 0 amide bonds. The predicted molar refractivity (Wildman–Crippen MR) is 98.6 cm³/mol. The van der Waals surface area contributed by atoms with Gasteiger partial charge in [-0.3, -0.25) is 9.36 Å². The van der Waals surface area contributed by atoms with Crippen molar-refractivity contribution in [1.29, 1.82) is 5.26 Å². The lowest BCUT2D eigenvalue weighted by Gasteiger charge is -2.09. The van der Waals surface area contributed by atoms with Gasteiger partial charge in [-0.1, -0.05) is 29.8 Å². The van der Waals surface area contributed by atoms with Crippen molar-refractivity contribution < 1.29 is 5.11 Å². The molecule has 0 unspecified atom stereocenters. The van der Waals surface area contributed by atoms with Gasteiger partial charge in [0.2, 0.25) is 0 Å². The van der Waals surface area contributed by atoms with Crippen molar-refractivity contribution in [3.8, 4) is 27.9 Å². The summed E-state index contributed by atoms with van der Waals surface area (Å²) in [6.07, 6.45) is 0. The van der Waals surface area contributed by atoms with E-state index in [1.165, 1.54) is 0 Å². The molecule has 4 aromatic rings. The fourth-order valence-electron chi connectivity index (χ4n) is 2.79. The van der Waals surface area contributed by atoms with Crippen molar-refractivity contribution in [2.24, 2.45) is 0 Å². The zero-order valence-corrected chi connectivity index (χ0v) is 14.2. The van der Waals surface area contributed by atoms with E-state index in [0.29, 0.717) is 21.9 Å². The highest BCUT2D eigenvalue weighted by Crippen LogP contribution is 2.34. The van der Waals surface area contributed by atoms with Crippen LogP contribution in [0.1, 0.15) is 5.56 Å². The summed E-state index contributed by atoms with van der Waals surface area (Å²) >= 11 is 7.96. The minimum Gasteiger partial charge on any atom is -0.504 e. The zero-order valence-electron chi connectivity index (χ0n) is 12.7. The summed E-state index contributed by atoms with van der Waals surface area (Å²) < 4.78 is 1.60. The van der Waals surface area contributed by atoms with Crippen LogP contribution in [0.3, 0.4) is 0 Å². The Balaban J connectivity index is 1.94. The zero-order chi connectivity index (χ0) is 17.6. The van der Waals surface area contributed by atoms with Crippen molar-refractivity contribution in [2.75, 3.05) is 0 Å². The smallest absolute Gasteiger partial charge is 0.270 e. The second-order valence-electron chi connectivity index (χ2n) is 5.38. The summed E-state index contributed by atoms with van der Waals surface area (Å²) in [5.41, 5.74) is 1.47. The average molecular weight is 368 g/mol. The summed E-state index contributed by atoms with van der Waals surface area (Å²) in [6.45, 7) is 0. The highest BCUT2D eigenvalue weighted by Gasteiger charge is 2.18. The number of rotatable bonds is 2. The molecule has 1 aromatic carbocycles. The number of nitriles is 1. The van der Waals surface area contributed by atoms with Gasteiger partial charge in [-0.15, -0.1) is 11.3 Å². The molecule has 7 heteroatoms. The number of halogens is 1. The minimum absolute atomic E-state index is 0.296. The molecule has 0 atom stereocenters. The summed E-state index contributed by atoms with van der Waals surface area (Å²) in [5.74, 6) is -0.379. The number of nitrogens with zero attached hydrogens (tertiary/aromatic N) is 2. The van der Waals surface area contributed by atoms with Crippen LogP contribution in [0.4, 0.5) is 0 Å². The Bertz CT molecular complexity index is 1180. The van der Waals surface area contributed by atoms with Crippen LogP contribution < -0.4 is 5.56 Å². The normalized spacial score (nSPS) is 10.9. The Morgan fingerprint density at radius 3 is 2.64 bits per heavy atom. The average Bonchev–Trinajstić information content (AvgIpc) is 3.23. The van der Waals surface area contributed by atoms with E-state index in [1.54, 1.807) is 28.0 Å². The largest absolute Gasteiger partial charge is 0.504 e. The highest BCUT2D eigenvalue weighted by molar-refractivity contribution is 7.13. The number of H-pyrrole nitrogens is 1. The first-order valence-corrected chi connectivity index (χ1v) is 8.56. The second kappa shape index (κ2) is 5.81. The monoisotopic (exact) mass is 367 g/mol. The first kappa shape index (κ1) is 15.5. The summed E-state index contributed by atoms with van der Waals surface area (Å²) in [5, 5.41) is 21.8. The van der Waals surface area contributed by atoms with Crippen LogP contribution in [-0.2, 0) is 0 Å². The van der Waals surface area contributed by atoms with E-state index in [4.69, 9.17) is 16.9 Å². The van der Waals surface area contributed by atoms with Crippen molar-refractivity contribution in [3.63, 3.8) is 0 Å². The number of aromatic hydroxyl groups is 1. The number of aromatic amines is 1. The molecule has 0 radical (unpaired) electrons. The standard InChI is InChI=1S/C18H10ClN3O2S/c19-15-8-13-16(17(23)12(9-20)18(24)21-13)22(15)11-5-3-10(4-6-11)14-2-1-7-25-14/h1-8H,(H2,21,23,24). The van der Waals surface area contributed by atoms with Crippen LogP contribution in [0.15, 0.2) is 52.6 Å². The Labute approximate surface area is 151 Å². The molecule has 0 spiro atoms. The Kier molecular flexibility index (Phi) is 3.61. The van der Waals surface area contributed by atoms with E-state index < -0.39 is 5.56 Å². The SMILES string of the molecule is N#Cc1c(O)c2c(cc(Cl)n2-c2ccc(-c3cccs3)cc2)[nH]c1=O. The lowest BCUT2D eigenvalue weighted by molar-refractivity contribution is 0.476. The Morgan fingerprint density at radius 1 is 1.24 bits per heavy atom. The summed E-state index contributed by atoms with van der Waals surface area (Å²) in [7, 11) is 0. The third-order valence-electron chi connectivity index (χ3n) is 3.94. The number of thiophene rings is 1. The lowest BCUT2D eigenvalue weighted by atomic mass is 10.1. The molecule has 0 saturated heterocycles. The van der Waals surface area contributed by atoms with Gasteiger partial charge in [0.1, 0.15) is 16.7 Å². The Hall–Kier alpha value is -3.01. The predicted octanol–water partition coefficient (Wildman–Crippen LogP) is 4.28. The van der Waals surface area contributed by atoms with Gasteiger partial charge in [0, 0.05) is 10.6 Å². The van der Waals surface area contributed by atoms with E-state index in [1.807, 2.05) is 41.8 Å². The van der Waals surface area contributed by atoms with Crippen molar-refractivity contribution >= 4 is 34.0 Å². The molecule has 0 bridgehead atoms. The fraction of sp³-hybridized carbons (Fsp3) is 0. The van der Waals surface area contributed by atoms with Crippen molar-refractivity contribution in [1.82, 2.24) is 9.55 Å². The molecule has 0 aliphatic heterocycles. The van der Waals surface area contributed by atoms with E-state index in [9.17, 15) is 9.90 Å². The fourth-order valence-corrected chi connectivity index (χ4v) is 3.82. The highest BCUT2D eigenvalue weighted by atomic mass is 35.5. The molecule has 122 valence electrons. The first-order chi connectivity index (χ1) is 12.1. The van der Waals surface area contributed by atoms with E-state index in [2.05, 4.69) is 4.98 Å². The molecule has 0 aliphatic rings. The van der Waals surface area contributed by atoms with Crippen molar-refractivity contribution in [3.05, 3.63) is 68.9 Å². The topological polar surface area (TPSA) is 81.8 Å². The van der Waals surface area contributed by atoms with Crippen molar-refractivity contribution in [2.45, 2.75) is 0 Å². The van der Waals surface area contributed by atoms with Crippen LogP contribution in [0, 0.1) is 11.3 Å². The molecule has 3 aromatic heterocycles. The maximum Gasteiger partial charge on any atom is 0.270 e. The maximum atomic E-state index is 11.8. The number of aromatic nitrogens is 2. The van der Waals surface area contributed by atoms with Crippen LogP contribution in [0.5, 0.6) is 5.75 Å². The van der Waals surface area contributed by atoms with E-state index in [-0.39, 0.29) is 11.3 Å². The molecule has 0 aliphatic carbocycles. The molecule has 0 fully saturated rings. The van der Waals surface area contributed by atoms with Gasteiger partial charge in [0.25, 0.3) is 5.56 Å². The number of pyridine rings is 1. The summed E-state index contributed by atoms with van der Waals surface area (Å²) in [6, 6.07) is 14.9. The molecular formula is C18H10ClN3O2S. The summed E-state index contributed by atoms with van der Waals surface area (Å²) in [4.78, 5) is 15.5. The molecule has 0 saturated carbocycles. The molecular weight excluding hydrogens is 358 g/mol. The van der Waals surface area contributed by atoms with Crippen LogP contribution in [0.2, 0.25) is 5.15 Å². The van der Waals surface area contributed by atoms with Gasteiger partial charge >= 0.3 is 0 Å². The van der Waals surface area contributed by atoms with Crippen LogP contribution in [0.25, 0.3) is 27.2 Å². The number of fused-ring (bicyclic) bond motifs is 1. The van der Waals surface area contributed by atoms with E-state index >= 15 is 0 Å². The number of hydrogen-bond acceptors (Lipinski definition) is 4. The molecule has 5 nitrogen and oxygen atoms in total. The third-order valence-corrected chi connectivity index (χ3v) is 5.13. The van der Waals surface area contributed by atoms with E-state index in [0.717, 1.165) is 10.4 Å². The van der Waals surface area contributed by atoms with Gasteiger partial charge in [0.15, 0.2) is 11.3 Å². The van der Waals surface area contributed by atoms with Gasteiger partial charge in [-0.2, -0.15) is 5.26 Å². The molecule has 2 N–H and O–H groups in total. The maximum absolute atomic E-state index is 11.8. The third kappa shape index (κ3) is 2.41. The van der Waals surface area contributed by atoms with Gasteiger partial charge in [-0.25, -0.2) is 0 Å². The minimum atomic E-state index is -0.644. The van der Waals surface area contributed by atoms with Gasteiger partial charge in [-0.05, 0) is 35.2 Å².